The first-order chi connectivity index (χ1) is 8.60. The van der Waals surface area contributed by atoms with Gasteiger partial charge >= 0.3 is 0 Å². The molecule has 0 aromatic heterocycles. The van der Waals surface area contributed by atoms with E-state index >= 15 is 0 Å². The summed E-state index contributed by atoms with van der Waals surface area (Å²) in [6.45, 7) is 0. The van der Waals surface area contributed by atoms with Crippen molar-refractivity contribution in [2.24, 2.45) is 0 Å². The second-order valence-corrected chi connectivity index (χ2v) is 5.16. The van der Waals surface area contributed by atoms with Crippen LogP contribution in [0.2, 0.25) is 10.0 Å². The van der Waals surface area contributed by atoms with Crippen LogP contribution in [0.4, 0.5) is 0 Å². The van der Waals surface area contributed by atoms with Crippen LogP contribution in [0.25, 0.3) is 0 Å². The van der Waals surface area contributed by atoms with Crippen molar-refractivity contribution >= 4 is 39.1 Å². The summed E-state index contributed by atoms with van der Waals surface area (Å²) in [5.74, 6) is 1.03. The molecule has 0 fully saturated rings. The highest BCUT2D eigenvalue weighted by Crippen LogP contribution is 2.33. The topological polar surface area (TPSA) is 33.0 Å². The molecule has 0 aliphatic carbocycles. The van der Waals surface area contributed by atoms with Crippen LogP contribution in [0.1, 0.15) is 5.56 Å². The van der Waals surface area contributed by atoms with E-state index in [0.717, 1.165) is 0 Å². The molecule has 0 saturated heterocycles. The first-order valence-corrected chi connectivity index (χ1v) is 6.47. The normalized spacial score (nSPS) is 9.89. The molecule has 0 unspecified atom stereocenters. The highest BCUT2D eigenvalue weighted by molar-refractivity contribution is 9.10. The Morgan fingerprint density at radius 1 is 1.00 bits per heavy atom. The van der Waals surface area contributed by atoms with Crippen molar-refractivity contribution in [1.29, 1.82) is 5.26 Å². The molecular weight excluding hydrogens is 337 g/mol. The first-order valence-electron chi connectivity index (χ1n) is 4.92. The van der Waals surface area contributed by atoms with Crippen LogP contribution in [0.3, 0.4) is 0 Å². The third kappa shape index (κ3) is 2.97. The molecule has 5 heteroatoms. The Labute approximate surface area is 123 Å². The molecule has 2 nitrogen and oxygen atoms in total. The Balaban J connectivity index is 2.37. The fourth-order valence-corrected chi connectivity index (χ4v) is 2.29. The first kappa shape index (κ1) is 13.2. The van der Waals surface area contributed by atoms with E-state index in [1.165, 1.54) is 0 Å². The summed E-state index contributed by atoms with van der Waals surface area (Å²) >= 11 is 15.0. The third-order valence-corrected chi connectivity index (χ3v) is 3.27. The van der Waals surface area contributed by atoms with Gasteiger partial charge in [0.25, 0.3) is 0 Å². The van der Waals surface area contributed by atoms with Gasteiger partial charge in [-0.1, -0.05) is 23.2 Å². The predicted octanol–water partition coefficient (Wildman–Crippen LogP) is 5.42. The predicted molar refractivity (Wildman–Crippen MR) is 75.4 cm³/mol. The zero-order valence-electron chi connectivity index (χ0n) is 8.95. The summed E-state index contributed by atoms with van der Waals surface area (Å²) in [4.78, 5) is 0. The van der Waals surface area contributed by atoms with Crippen molar-refractivity contribution in [1.82, 2.24) is 0 Å². The van der Waals surface area contributed by atoms with E-state index in [-0.39, 0.29) is 0 Å². The van der Waals surface area contributed by atoms with Gasteiger partial charge < -0.3 is 4.74 Å². The number of rotatable bonds is 2. The second kappa shape index (κ2) is 5.62. The summed E-state index contributed by atoms with van der Waals surface area (Å²) in [5.41, 5.74) is 0.379. The van der Waals surface area contributed by atoms with Gasteiger partial charge in [0, 0.05) is 10.0 Å². The molecule has 18 heavy (non-hydrogen) atoms. The summed E-state index contributed by atoms with van der Waals surface area (Å²) < 4.78 is 6.37. The highest BCUT2D eigenvalue weighted by atomic mass is 79.9. The monoisotopic (exact) mass is 341 g/mol. The van der Waals surface area contributed by atoms with E-state index < -0.39 is 0 Å². The summed E-state index contributed by atoms with van der Waals surface area (Å²) in [6.07, 6.45) is 0. The highest BCUT2D eigenvalue weighted by Gasteiger charge is 2.08. The van der Waals surface area contributed by atoms with E-state index in [9.17, 15) is 0 Å². The molecule has 0 aliphatic heterocycles. The lowest BCUT2D eigenvalue weighted by Gasteiger charge is -2.09. The maximum atomic E-state index is 9.01. The molecule has 2 rings (SSSR count). The molecule has 0 amide bonds. The number of nitriles is 1. The van der Waals surface area contributed by atoms with E-state index in [4.69, 9.17) is 33.2 Å². The lowest BCUT2D eigenvalue weighted by molar-refractivity contribution is 0.478. The Kier molecular flexibility index (Phi) is 4.13. The van der Waals surface area contributed by atoms with Crippen molar-refractivity contribution in [2.75, 3.05) is 0 Å². The summed E-state index contributed by atoms with van der Waals surface area (Å²) in [5, 5.41) is 10.1. The quantitative estimate of drug-likeness (QED) is 0.730. The van der Waals surface area contributed by atoms with Gasteiger partial charge in [-0.3, -0.25) is 0 Å². The molecule has 90 valence electrons. The van der Waals surface area contributed by atoms with Gasteiger partial charge in [0.1, 0.15) is 17.6 Å². The standard InChI is InChI=1S/C13H6BrCl2NO/c14-11-6-10(16)2-4-13(11)18-12-3-1-9(15)5-8(12)7-17/h1-6H. The van der Waals surface area contributed by atoms with Crippen molar-refractivity contribution in [3.8, 4) is 17.6 Å². The molecule has 2 aromatic carbocycles. The van der Waals surface area contributed by atoms with Crippen molar-refractivity contribution in [2.45, 2.75) is 0 Å². The van der Waals surface area contributed by atoms with Crippen LogP contribution in [0, 0.1) is 11.3 Å². The zero-order chi connectivity index (χ0) is 13.1. The Morgan fingerprint density at radius 3 is 2.22 bits per heavy atom. The number of hydrogen-bond donors (Lipinski definition) is 0. The van der Waals surface area contributed by atoms with Crippen LogP contribution < -0.4 is 4.74 Å². The van der Waals surface area contributed by atoms with E-state index in [1.54, 1.807) is 36.4 Å². The van der Waals surface area contributed by atoms with Gasteiger partial charge in [-0.15, -0.1) is 0 Å². The molecular formula is C13H6BrCl2NO. The smallest absolute Gasteiger partial charge is 0.145 e. The molecule has 0 aliphatic rings. The number of hydrogen-bond acceptors (Lipinski definition) is 2. The molecule has 0 radical (unpaired) electrons. The minimum atomic E-state index is 0.379. The number of nitrogens with zero attached hydrogens (tertiary/aromatic N) is 1. The summed E-state index contributed by atoms with van der Waals surface area (Å²) in [6, 6.07) is 12.1. The molecule has 0 N–H and O–H groups in total. The summed E-state index contributed by atoms with van der Waals surface area (Å²) in [7, 11) is 0. The van der Waals surface area contributed by atoms with Crippen molar-refractivity contribution in [3.63, 3.8) is 0 Å². The van der Waals surface area contributed by atoms with Crippen LogP contribution in [-0.4, -0.2) is 0 Å². The van der Waals surface area contributed by atoms with Gasteiger partial charge in [0.05, 0.1) is 10.0 Å². The van der Waals surface area contributed by atoms with Crippen LogP contribution in [0.5, 0.6) is 11.5 Å². The van der Waals surface area contributed by atoms with Gasteiger partial charge in [-0.2, -0.15) is 5.26 Å². The number of ether oxygens (including phenoxy) is 1. The van der Waals surface area contributed by atoms with Crippen LogP contribution in [-0.2, 0) is 0 Å². The van der Waals surface area contributed by atoms with E-state index in [1.807, 2.05) is 6.07 Å². The molecule has 0 heterocycles. The van der Waals surface area contributed by atoms with Crippen molar-refractivity contribution in [3.05, 3.63) is 56.5 Å². The van der Waals surface area contributed by atoms with E-state index in [2.05, 4.69) is 15.9 Å². The Hall–Kier alpha value is -1.21. The number of halogens is 3. The lowest BCUT2D eigenvalue weighted by atomic mass is 10.2. The minimum Gasteiger partial charge on any atom is -0.455 e. The Morgan fingerprint density at radius 2 is 1.61 bits per heavy atom. The Bertz CT molecular complexity index is 637. The molecule has 0 atom stereocenters. The van der Waals surface area contributed by atoms with Gasteiger partial charge in [-0.05, 0) is 52.3 Å². The van der Waals surface area contributed by atoms with Crippen LogP contribution in [0.15, 0.2) is 40.9 Å². The minimum absolute atomic E-state index is 0.379. The molecule has 2 aromatic rings. The van der Waals surface area contributed by atoms with Crippen molar-refractivity contribution < 1.29 is 4.74 Å². The average Bonchev–Trinajstić information content (AvgIpc) is 2.34. The zero-order valence-corrected chi connectivity index (χ0v) is 12.1. The maximum absolute atomic E-state index is 9.01. The maximum Gasteiger partial charge on any atom is 0.145 e. The fourth-order valence-electron chi connectivity index (χ4n) is 1.36. The number of benzene rings is 2. The largest absolute Gasteiger partial charge is 0.455 e. The van der Waals surface area contributed by atoms with Gasteiger partial charge in [0.15, 0.2) is 0 Å². The molecule has 0 spiro atoms. The van der Waals surface area contributed by atoms with Gasteiger partial charge in [-0.25, -0.2) is 0 Å². The fraction of sp³-hybridized carbons (Fsp3) is 0. The van der Waals surface area contributed by atoms with Gasteiger partial charge in [0.2, 0.25) is 0 Å². The molecule has 0 saturated carbocycles. The molecule has 0 bridgehead atoms. The van der Waals surface area contributed by atoms with Crippen LogP contribution >= 0.6 is 39.1 Å². The third-order valence-electron chi connectivity index (χ3n) is 2.18. The lowest BCUT2D eigenvalue weighted by Crippen LogP contribution is -1.89. The SMILES string of the molecule is N#Cc1cc(Cl)ccc1Oc1ccc(Cl)cc1Br. The van der Waals surface area contributed by atoms with E-state index in [0.29, 0.717) is 31.6 Å². The second-order valence-electron chi connectivity index (χ2n) is 3.43. The average molecular weight is 343 g/mol.